The summed E-state index contributed by atoms with van der Waals surface area (Å²) < 4.78 is 11.1. The van der Waals surface area contributed by atoms with E-state index >= 15 is 0 Å². The van der Waals surface area contributed by atoms with Gasteiger partial charge in [-0.2, -0.15) is 0 Å². The lowest BCUT2D eigenvalue weighted by Gasteiger charge is -2.20. The van der Waals surface area contributed by atoms with Crippen LogP contribution in [0.5, 0.6) is 11.5 Å². The molecule has 0 spiro atoms. The van der Waals surface area contributed by atoms with Crippen LogP contribution >= 0.6 is 0 Å². The Morgan fingerprint density at radius 2 is 1.88 bits per heavy atom. The van der Waals surface area contributed by atoms with Gasteiger partial charge in [0.15, 0.2) is 11.5 Å². The monoisotopic (exact) mass is 221 g/mol. The summed E-state index contributed by atoms with van der Waals surface area (Å²) in [5.74, 6) is 1.78. The number of hydrogen-bond donors (Lipinski definition) is 1. The van der Waals surface area contributed by atoms with E-state index in [1.807, 2.05) is 0 Å². The molecule has 0 saturated heterocycles. The molecule has 0 fully saturated rings. The van der Waals surface area contributed by atoms with Crippen molar-refractivity contribution in [2.45, 2.75) is 20.3 Å². The number of hydrogen-bond acceptors (Lipinski definition) is 3. The van der Waals surface area contributed by atoms with Gasteiger partial charge in [0.1, 0.15) is 13.2 Å². The Labute approximate surface area is 96.8 Å². The van der Waals surface area contributed by atoms with Crippen LogP contribution in [0.1, 0.15) is 18.1 Å². The van der Waals surface area contributed by atoms with Crippen LogP contribution in [0.25, 0.3) is 0 Å². The number of aryl methyl sites for hydroxylation is 1. The Morgan fingerprint density at radius 1 is 1.19 bits per heavy atom. The van der Waals surface area contributed by atoms with Gasteiger partial charge in [-0.05, 0) is 49.7 Å². The number of ether oxygens (including phenoxy) is 2. The number of nitrogens with one attached hydrogen (secondary N) is 1. The number of rotatable bonds is 4. The lowest BCUT2D eigenvalue weighted by molar-refractivity contribution is 0.171. The highest BCUT2D eigenvalue weighted by molar-refractivity contribution is 5.47. The molecule has 0 amide bonds. The summed E-state index contributed by atoms with van der Waals surface area (Å²) in [5.41, 5.74) is 2.62. The molecule has 1 N–H and O–H groups in total. The first-order chi connectivity index (χ1) is 7.81. The minimum absolute atomic E-state index is 0.655. The summed E-state index contributed by atoms with van der Waals surface area (Å²) in [7, 11) is 0. The van der Waals surface area contributed by atoms with Crippen molar-refractivity contribution in [2.24, 2.45) is 0 Å². The van der Waals surface area contributed by atoms with Gasteiger partial charge in [-0.3, -0.25) is 0 Å². The third-order valence-corrected chi connectivity index (χ3v) is 2.82. The second kappa shape index (κ2) is 5.21. The molecule has 2 rings (SSSR count). The minimum Gasteiger partial charge on any atom is -0.486 e. The first-order valence-electron chi connectivity index (χ1n) is 5.91. The first-order valence-corrected chi connectivity index (χ1v) is 5.91. The van der Waals surface area contributed by atoms with Crippen molar-refractivity contribution in [2.75, 3.05) is 26.3 Å². The van der Waals surface area contributed by atoms with Crippen molar-refractivity contribution >= 4 is 0 Å². The fourth-order valence-corrected chi connectivity index (χ4v) is 1.90. The van der Waals surface area contributed by atoms with E-state index in [9.17, 15) is 0 Å². The van der Waals surface area contributed by atoms with Crippen LogP contribution < -0.4 is 14.8 Å². The van der Waals surface area contributed by atoms with Crippen molar-refractivity contribution in [3.63, 3.8) is 0 Å². The molecule has 1 aliphatic rings. The van der Waals surface area contributed by atoms with E-state index in [0.717, 1.165) is 31.0 Å². The van der Waals surface area contributed by atoms with Crippen molar-refractivity contribution in [3.05, 3.63) is 23.3 Å². The molecular formula is C13H19NO2. The molecule has 88 valence electrons. The van der Waals surface area contributed by atoms with Gasteiger partial charge in [0.25, 0.3) is 0 Å². The molecular weight excluding hydrogens is 202 g/mol. The highest BCUT2D eigenvalue weighted by Crippen LogP contribution is 2.32. The van der Waals surface area contributed by atoms with Crippen LogP contribution in [-0.2, 0) is 6.42 Å². The predicted octanol–water partition coefficient (Wildman–Crippen LogP) is 1.92. The number of likely N-dealkylation sites (N-methyl/N-ethyl adjacent to an activating group) is 1. The van der Waals surface area contributed by atoms with E-state index in [1.165, 1.54) is 11.1 Å². The lowest BCUT2D eigenvalue weighted by atomic mass is 10.0. The van der Waals surface area contributed by atoms with Gasteiger partial charge in [-0.15, -0.1) is 0 Å². The molecule has 0 atom stereocenters. The Morgan fingerprint density at radius 3 is 2.56 bits per heavy atom. The average Bonchev–Trinajstić information content (AvgIpc) is 2.30. The molecule has 16 heavy (non-hydrogen) atoms. The molecule has 1 aliphatic heterocycles. The Kier molecular flexibility index (Phi) is 3.67. The molecule has 1 aromatic rings. The molecule has 3 nitrogen and oxygen atoms in total. The lowest BCUT2D eigenvalue weighted by Crippen LogP contribution is -2.18. The van der Waals surface area contributed by atoms with E-state index in [1.54, 1.807) is 0 Å². The van der Waals surface area contributed by atoms with Gasteiger partial charge in [0.2, 0.25) is 0 Å². The van der Waals surface area contributed by atoms with E-state index in [4.69, 9.17) is 9.47 Å². The number of benzene rings is 1. The van der Waals surface area contributed by atoms with Crippen LogP contribution in [0.3, 0.4) is 0 Å². The normalized spacial score (nSPS) is 13.9. The highest BCUT2D eigenvalue weighted by Gasteiger charge is 2.13. The SMILES string of the molecule is CCNCCc1cc2c(cc1C)OCCO2. The van der Waals surface area contributed by atoms with Gasteiger partial charge in [-0.1, -0.05) is 6.92 Å². The van der Waals surface area contributed by atoms with Crippen molar-refractivity contribution < 1.29 is 9.47 Å². The second-order valence-electron chi connectivity index (χ2n) is 4.03. The smallest absolute Gasteiger partial charge is 0.161 e. The fourth-order valence-electron chi connectivity index (χ4n) is 1.90. The van der Waals surface area contributed by atoms with E-state index in [2.05, 4.69) is 31.3 Å². The zero-order chi connectivity index (χ0) is 11.4. The van der Waals surface area contributed by atoms with Gasteiger partial charge in [-0.25, -0.2) is 0 Å². The summed E-state index contributed by atoms with van der Waals surface area (Å²) in [6.45, 7) is 7.59. The first kappa shape index (κ1) is 11.3. The summed E-state index contributed by atoms with van der Waals surface area (Å²) in [5, 5.41) is 3.33. The maximum absolute atomic E-state index is 5.58. The average molecular weight is 221 g/mol. The van der Waals surface area contributed by atoms with E-state index in [0.29, 0.717) is 13.2 Å². The quantitative estimate of drug-likeness (QED) is 0.788. The topological polar surface area (TPSA) is 30.5 Å². The molecule has 0 aromatic heterocycles. The summed E-state index contributed by atoms with van der Waals surface area (Å²) in [6, 6.07) is 4.19. The summed E-state index contributed by atoms with van der Waals surface area (Å²) >= 11 is 0. The molecule has 3 heteroatoms. The van der Waals surface area contributed by atoms with E-state index < -0.39 is 0 Å². The second-order valence-corrected chi connectivity index (χ2v) is 4.03. The Balaban J connectivity index is 2.12. The zero-order valence-corrected chi connectivity index (χ0v) is 10.0. The van der Waals surface area contributed by atoms with Crippen LogP contribution in [0.2, 0.25) is 0 Å². The minimum atomic E-state index is 0.655. The van der Waals surface area contributed by atoms with Crippen molar-refractivity contribution in [3.8, 4) is 11.5 Å². The van der Waals surface area contributed by atoms with Gasteiger partial charge in [0.05, 0.1) is 0 Å². The predicted molar refractivity (Wildman–Crippen MR) is 64.4 cm³/mol. The maximum Gasteiger partial charge on any atom is 0.161 e. The maximum atomic E-state index is 5.58. The van der Waals surface area contributed by atoms with Crippen molar-refractivity contribution in [1.82, 2.24) is 5.32 Å². The molecule has 0 bridgehead atoms. The van der Waals surface area contributed by atoms with Crippen LogP contribution in [0, 0.1) is 6.92 Å². The third kappa shape index (κ3) is 2.47. The summed E-state index contributed by atoms with van der Waals surface area (Å²) in [4.78, 5) is 0. The molecule has 0 unspecified atom stereocenters. The third-order valence-electron chi connectivity index (χ3n) is 2.82. The van der Waals surface area contributed by atoms with Crippen molar-refractivity contribution in [1.29, 1.82) is 0 Å². The molecule has 0 saturated carbocycles. The number of fused-ring (bicyclic) bond motifs is 1. The molecule has 1 aromatic carbocycles. The van der Waals surface area contributed by atoms with Crippen LogP contribution in [0.4, 0.5) is 0 Å². The Hall–Kier alpha value is -1.22. The Bertz CT molecular complexity index is 363. The fraction of sp³-hybridized carbons (Fsp3) is 0.538. The van der Waals surface area contributed by atoms with Gasteiger partial charge in [0, 0.05) is 0 Å². The zero-order valence-electron chi connectivity index (χ0n) is 10.0. The molecule has 0 radical (unpaired) electrons. The highest BCUT2D eigenvalue weighted by atomic mass is 16.6. The molecule has 0 aliphatic carbocycles. The van der Waals surface area contributed by atoms with E-state index in [-0.39, 0.29) is 0 Å². The summed E-state index contributed by atoms with van der Waals surface area (Å²) in [6.07, 6.45) is 1.04. The largest absolute Gasteiger partial charge is 0.486 e. The van der Waals surface area contributed by atoms with Crippen LogP contribution in [0.15, 0.2) is 12.1 Å². The molecule has 1 heterocycles. The van der Waals surface area contributed by atoms with Gasteiger partial charge >= 0.3 is 0 Å². The standard InChI is InChI=1S/C13H19NO2/c1-3-14-5-4-11-9-13-12(8-10(11)2)15-6-7-16-13/h8-9,14H,3-7H2,1-2H3. The van der Waals surface area contributed by atoms with Gasteiger partial charge < -0.3 is 14.8 Å². The van der Waals surface area contributed by atoms with Crippen LogP contribution in [-0.4, -0.2) is 26.3 Å².